The van der Waals surface area contributed by atoms with Crippen LogP contribution in [-0.4, -0.2) is 35.6 Å². The third kappa shape index (κ3) is 5.71. The summed E-state index contributed by atoms with van der Waals surface area (Å²) in [7, 11) is 0. The van der Waals surface area contributed by atoms with Crippen LogP contribution in [0.15, 0.2) is 75.6 Å². The summed E-state index contributed by atoms with van der Waals surface area (Å²) in [6.45, 7) is 0.901. The van der Waals surface area contributed by atoms with Crippen molar-refractivity contribution in [3.63, 3.8) is 0 Å². The van der Waals surface area contributed by atoms with Gasteiger partial charge in [-0.05, 0) is 42.3 Å². The van der Waals surface area contributed by atoms with Crippen molar-refractivity contribution in [1.82, 2.24) is 4.90 Å². The molecule has 1 aromatic heterocycles. The van der Waals surface area contributed by atoms with Crippen LogP contribution in [0.25, 0.3) is 0 Å². The predicted octanol–water partition coefficient (Wildman–Crippen LogP) is 4.30. The Labute approximate surface area is 172 Å². The highest BCUT2D eigenvalue weighted by Gasteiger charge is 2.19. The van der Waals surface area contributed by atoms with E-state index in [4.69, 9.17) is 9.15 Å². The second kappa shape index (κ2) is 10.1. The Kier molecular flexibility index (Phi) is 7.28. The molecule has 0 aliphatic heterocycles. The lowest BCUT2D eigenvalue weighted by Crippen LogP contribution is -2.35. The van der Waals surface area contributed by atoms with Crippen LogP contribution in [-0.2, 0) is 13.0 Å². The molecule has 1 heterocycles. The lowest BCUT2D eigenvalue weighted by Gasteiger charge is -2.20. The minimum atomic E-state index is -0.237. The van der Waals surface area contributed by atoms with E-state index >= 15 is 0 Å². The zero-order valence-electron chi connectivity index (χ0n) is 15.4. The number of ether oxygens (including phenoxy) is 1. The van der Waals surface area contributed by atoms with Gasteiger partial charge in [0, 0.05) is 17.6 Å². The summed E-state index contributed by atoms with van der Waals surface area (Å²) in [4.78, 5) is 14.4. The molecular formula is C22H22BrNO4. The van der Waals surface area contributed by atoms with Crippen LogP contribution in [0.1, 0.15) is 21.9 Å². The zero-order valence-corrected chi connectivity index (χ0v) is 17.0. The van der Waals surface area contributed by atoms with Crippen molar-refractivity contribution in [2.75, 3.05) is 19.7 Å². The molecule has 6 heteroatoms. The van der Waals surface area contributed by atoms with Crippen molar-refractivity contribution >= 4 is 21.8 Å². The van der Waals surface area contributed by atoms with E-state index in [0.29, 0.717) is 24.5 Å². The summed E-state index contributed by atoms with van der Waals surface area (Å²) < 4.78 is 12.3. The first-order chi connectivity index (χ1) is 13.7. The number of furan rings is 1. The third-order valence-electron chi connectivity index (χ3n) is 4.22. The fourth-order valence-electron chi connectivity index (χ4n) is 2.78. The van der Waals surface area contributed by atoms with E-state index in [1.807, 2.05) is 54.6 Å². The highest BCUT2D eigenvalue weighted by Crippen LogP contribution is 2.20. The van der Waals surface area contributed by atoms with Gasteiger partial charge in [0.2, 0.25) is 0 Å². The van der Waals surface area contributed by atoms with Crippen molar-refractivity contribution in [2.24, 2.45) is 0 Å². The van der Waals surface area contributed by atoms with Crippen molar-refractivity contribution < 1.29 is 19.1 Å². The number of nitrogens with zero attached hydrogens (tertiary/aromatic N) is 1. The van der Waals surface area contributed by atoms with Crippen molar-refractivity contribution in [3.8, 4) is 5.75 Å². The predicted molar refractivity (Wildman–Crippen MR) is 110 cm³/mol. The standard InChI is InChI=1S/C22H22BrNO4/c23-18-7-4-8-19(15-18)27-16-20-9-10-21(28-20)22(26)24(13-14-25)12-11-17-5-2-1-3-6-17/h1-10,15,25H,11-14,16H2. The van der Waals surface area contributed by atoms with Gasteiger partial charge in [-0.1, -0.05) is 52.3 Å². The van der Waals surface area contributed by atoms with Crippen molar-refractivity contribution in [1.29, 1.82) is 0 Å². The first-order valence-corrected chi connectivity index (χ1v) is 9.86. The SMILES string of the molecule is O=C(c1ccc(COc2cccc(Br)c2)o1)N(CCO)CCc1ccccc1. The minimum Gasteiger partial charge on any atom is -0.486 e. The summed E-state index contributed by atoms with van der Waals surface area (Å²) in [5.41, 5.74) is 1.14. The average molecular weight is 444 g/mol. The van der Waals surface area contributed by atoms with Gasteiger partial charge in [0.1, 0.15) is 18.1 Å². The van der Waals surface area contributed by atoms with E-state index in [-0.39, 0.29) is 31.4 Å². The molecule has 0 unspecified atom stereocenters. The molecular weight excluding hydrogens is 422 g/mol. The second-order valence-electron chi connectivity index (χ2n) is 6.26. The van der Waals surface area contributed by atoms with Gasteiger partial charge in [0.05, 0.1) is 6.61 Å². The summed E-state index contributed by atoms with van der Waals surface area (Å²) >= 11 is 3.40. The minimum absolute atomic E-state index is 0.0971. The van der Waals surface area contributed by atoms with Crippen molar-refractivity contribution in [3.05, 3.63) is 88.3 Å². The van der Waals surface area contributed by atoms with Crippen LogP contribution in [0.3, 0.4) is 0 Å². The Balaban J connectivity index is 1.60. The third-order valence-corrected chi connectivity index (χ3v) is 4.71. The summed E-state index contributed by atoms with van der Waals surface area (Å²) in [6, 6.07) is 20.8. The molecule has 0 aliphatic rings. The molecule has 0 saturated carbocycles. The van der Waals surface area contributed by atoms with Gasteiger partial charge in [-0.2, -0.15) is 0 Å². The summed E-state index contributed by atoms with van der Waals surface area (Å²) in [5.74, 6) is 1.28. The molecule has 5 nitrogen and oxygen atoms in total. The van der Waals surface area contributed by atoms with Crippen LogP contribution in [0.4, 0.5) is 0 Å². The van der Waals surface area contributed by atoms with Crippen LogP contribution in [0, 0.1) is 0 Å². The van der Waals surface area contributed by atoms with E-state index in [2.05, 4.69) is 15.9 Å². The fourth-order valence-corrected chi connectivity index (χ4v) is 3.16. The van der Waals surface area contributed by atoms with E-state index < -0.39 is 0 Å². The molecule has 146 valence electrons. The average Bonchev–Trinajstić information content (AvgIpc) is 3.19. The Hall–Kier alpha value is -2.57. The number of amides is 1. The molecule has 3 rings (SSSR count). The Morgan fingerprint density at radius 1 is 1.04 bits per heavy atom. The second-order valence-corrected chi connectivity index (χ2v) is 7.18. The first-order valence-electron chi connectivity index (χ1n) is 9.07. The first kappa shape index (κ1) is 20.2. The van der Waals surface area contributed by atoms with Crippen LogP contribution in [0.2, 0.25) is 0 Å². The number of hydrogen-bond acceptors (Lipinski definition) is 4. The Morgan fingerprint density at radius 3 is 2.61 bits per heavy atom. The molecule has 2 aromatic carbocycles. The van der Waals surface area contributed by atoms with E-state index in [1.54, 1.807) is 17.0 Å². The maximum Gasteiger partial charge on any atom is 0.289 e. The quantitative estimate of drug-likeness (QED) is 0.535. The number of carbonyl (C=O) groups is 1. The highest BCUT2D eigenvalue weighted by atomic mass is 79.9. The molecule has 0 bridgehead atoms. The molecule has 0 aliphatic carbocycles. The number of carbonyl (C=O) groups excluding carboxylic acids is 1. The van der Waals surface area contributed by atoms with Crippen molar-refractivity contribution in [2.45, 2.75) is 13.0 Å². The van der Waals surface area contributed by atoms with Gasteiger partial charge in [-0.15, -0.1) is 0 Å². The van der Waals surface area contributed by atoms with E-state index in [9.17, 15) is 9.90 Å². The van der Waals surface area contributed by atoms with Crippen LogP contribution < -0.4 is 4.74 Å². The van der Waals surface area contributed by atoms with Gasteiger partial charge in [-0.3, -0.25) is 4.79 Å². The molecule has 0 spiro atoms. The van der Waals surface area contributed by atoms with E-state index in [0.717, 1.165) is 10.0 Å². The normalized spacial score (nSPS) is 10.6. The molecule has 0 fully saturated rings. The molecule has 1 N–H and O–H groups in total. The topological polar surface area (TPSA) is 62.9 Å². The number of aliphatic hydroxyl groups excluding tert-OH is 1. The van der Waals surface area contributed by atoms with Gasteiger partial charge in [-0.25, -0.2) is 0 Å². The van der Waals surface area contributed by atoms with Gasteiger partial charge in [0.25, 0.3) is 5.91 Å². The number of aliphatic hydroxyl groups is 1. The van der Waals surface area contributed by atoms with Gasteiger partial charge >= 0.3 is 0 Å². The van der Waals surface area contributed by atoms with Gasteiger partial charge < -0.3 is 19.2 Å². The molecule has 1 amide bonds. The highest BCUT2D eigenvalue weighted by molar-refractivity contribution is 9.10. The molecule has 28 heavy (non-hydrogen) atoms. The zero-order chi connectivity index (χ0) is 19.8. The molecule has 0 atom stereocenters. The lowest BCUT2D eigenvalue weighted by molar-refractivity contribution is 0.0688. The molecule has 0 radical (unpaired) electrons. The fraction of sp³-hybridized carbons (Fsp3) is 0.227. The molecule has 0 saturated heterocycles. The summed E-state index contributed by atoms with van der Waals surface area (Å²) in [6.07, 6.45) is 0.714. The number of halogens is 1. The largest absolute Gasteiger partial charge is 0.486 e. The number of benzene rings is 2. The lowest BCUT2D eigenvalue weighted by atomic mass is 10.1. The maximum atomic E-state index is 12.8. The number of hydrogen-bond donors (Lipinski definition) is 1. The van der Waals surface area contributed by atoms with Crippen LogP contribution >= 0.6 is 15.9 Å². The molecule has 3 aromatic rings. The smallest absolute Gasteiger partial charge is 0.289 e. The Morgan fingerprint density at radius 2 is 1.86 bits per heavy atom. The number of rotatable bonds is 9. The summed E-state index contributed by atoms with van der Waals surface area (Å²) in [5, 5.41) is 9.32. The van der Waals surface area contributed by atoms with E-state index in [1.165, 1.54) is 0 Å². The monoisotopic (exact) mass is 443 g/mol. The van der Waals surface area contributed by atoms with Gasteiger partial charge in [0.15, 0.2) is 5.76 Å². The maximum absolute atomic E-state index is 12.8. The Bertz CT molecular complexity index is 894. The van der Waals surface area contributed by atoms with Crippen LogP contribution in [0.5, 0.6) is 5.75 Å².